The molecule has 2 aromatic rings. The van der Waals surface area contributed by atoms with E-state index in [2.05, 4.69) is 5.43 Å². The van der Waals surface area contributed by atoms with Crippen molar-refractivity contribution in [3.05, 3.63) is 58.1 Å². The Morgan fingerprint density at radius 2 is 1.88 bits per heavy atom. The van der Waals surface area contributed by atoms with Crippen LogP contribution in [0.2, 0.25) is 10.0 Å². The number of nitrogens with one attached hydrogen (secondary N) is 1. The van der Waals surface area contributed by atoms with Gasteiger partial charge in [0.05, 0.1) is 11.1 Å². The molecule has 1 aromatic heterocycles. The van der Waals surface area contributed by atoms with Gasteiger partial charge in [0.1, 0.15) is 5.82 Å². The maximum atomic E-state index is 13.4. The highest BCUT2D eigenvalue weighted by atomic mass is 35.5. The minimum Gasteiger partial charge on any atom is -0.319 e. The molecule has 1 unspecified atom stereocenters. The van der Waals surface area contributed by atoms with Gasteiger partial charge in [0.2, 0.25) is 0 Å². The second-order valence-corrected chi connectivity index (χ2v) is 4.48. The molecule has 2 rings (SSSR count). The first-order valence-corrected chi connectivity index (χ1v) is 5.88. The highest BCUT2D eigenvalue weighted by Crippen LogP contribution is 2.32. The molecule has 5 heteroatoms. The molecule has 1 heterocycles. The van der Waals surface area contributed by atoms with E-state index in [1.54, 1.807) is 4.68 Å². The van der Waals surface area contributed by atoms with Crippen molar-refractivity contribution in [1.29, 1.82) is 0 Å². The molecule has 1 N–H and O–H groups in total. The van der Waals surface area contributed by atoms with Crippen molar-refractivity contribution in [2.75, 3.05) is 5.43 Å². The molecule has 0 spiro atoms. The van der Waals surface area contributed by atoms with E-state index in [1.165, 1.54) is 12.1 Å². The molecule has 2 nitrogen and oxygen atoms in total. The van der Waals surface area contributed by atoms with Crippen molar-refractivity contribution in [3.8, 4) is 0 Å². The Labute approximate surface area is 109 Å². The topological polar surface area (TPSA) is 17.0 Å². The molecule has 17 heavy (non-hydrogen) atoms. The number of benzene rings is 1. The van der Waals surface area contributed by atoms with Crippen molar-refractivity contribution < 1.29 is 4.39 Å². The lowest BCUT2D eigenvalue weighted by atomic mass is 10.1. The van der Waals surface area contributed by atoms with Crippen LogP contribution in [0.3, 0.4) is 0 Å². The third-order valence-electron chi connectivity index (χ3n) is 2.46. The van der Waals surface area contributed by atoms with Crippen molar-refractivity contribution in [3.63, 3.8) is 0 Å². The molecular formula is C12H11Cl2FN2. The van der Waals surface area contributed by atoms with Crippen LogP contribution in [0.4, 0.5) is 4.39 Å². The summed E-state index contributed by atoms with van der Waals surface area (Å²) in [5.41, 5.74) is 3.69. The van der Waals surface area contributed by atoms with Gasteiger partial charge in [0.25, 0.3) is 0 Å². The van der Waals surface area contributed by atoms with Crippen LogP contribution in [0, 0.1) is 5.82 Å². The average molecular weight is 273 g/mol. The van der Waals surface area contributed by atoms with Crippen LogP contribution in [0.1, 0.15) is 18.5 Å². The Balaban J connectivity index is 2.30. The molecule has 0 aliphatic carbocycles. The van der Waals surface area contributed by atoms with Crippen LogP contribution in [0.25, 0.3) is 0 Å². The fourth-order valence-corrected chi connectivity index (χ4v) is 2.35. The summed E-state index contributed by atoms with van der Waals surface area (Å²) in [4.78, 5) is 0. The Morgan fingerprint density at radius 3 is 2.53 bits per heavy atom. The van der Waals surface area contributed by atoms with Crippen LogP contribution in [0.5, 0.6) is 0 Å². The smallest absolute Gasteiger partial charge is 0.142 e. The second-order valence-electron chi connectivity index (χ2n) is 3.70. The van der Waals surface area contributed by atoms with Gasteiger partial charge in [-0.05, 0) is 31.2 Å². The van der Waals surface area contributed by atoms with Gasteiger partial charge >= 0.3 is 0 Å². The molecule has 0 saturated carbocycles. The molecule has 0 amide bonds. The molecule has 1 aromatic carbocycles. The highest BCUT2D eigenvalue weighted by molar-refractivity contribution is 6.36. The fourth-order valence-electron chi connectivity index (χ4n) is 1.65. The van der Waals surface area contributed by atoms with E-state index >= 15 is 0 Å². The van der Waals surface area contributed by atoms with Crippen LogP contribution < -0.4 is 5.43 Å². The first-order chi connectivity index (χ1) is 8.09. The minimum absolute atomic E-state index is 0.0599. The van der Waals surface area contributed by atoms with Crippen molar-refractivity contribution >= 4 is 23.2 Å². The predicted molar refractivity (Wildman–Crippen MR) is 68.6 cm³/mol. The van der Waals surface area contributed by atoms with Gasteiger partial charge in [-0.25, -0.2) is 4.39 Å². The maximum Gasteiger partial charge on any atom is 0.142 e. The minimum atomic E-state index is -0.466. The number of halogens is 3. The summed E-state index contributed by atoms with van der Waals surface area (Å²) in [5, 5.41) is 0.508. The Hall–Kier alpha value is -1.19. The Morgan fingerprint density at radius 1 is 1.24 bits per heavy atom. The predicted octanol–water partition coefficient (Wildman–Crippen LogP) is 4.24. The third kappa shape index (κ3) is 2.56. The molecule has 0 aliphatic heterocycles. The zero-order valence-corrected chi connectivity index (χ0v) is 10.6. The van der Waals surface area contributed by atoms with Gasteiger partial charge in [0.15, 0.2) is 0 Å². The molecule has 1 atom stereocenters. The van der Waals surface area contributed by atoms with Gasteiger partial charge in [-0.1, -0.05) is 23.2 Å². The van der Waals surface area contributed by atoms with E-state index in [-0.39, 0.29) is 11.1 Å². The lowest BCUT2D eigenvalue weighted by molar-refractivity contribution is 0.621. The van der Waals surface area contributed by atoms with E-state index in [0.717, 1.165) is 0 Å². The summed E-state index contributed by atoms with van der Waals surface area (Å²) in [5.74, 6) is -0.466. The molecule has 0 bridgehead atoms. The number of rotatable bonds is 3. The van der Waals surface area contributed by atoms with Crippen molar-refractivity contribution in [1.82, 2.24) is 4.68 Å². The van der Waals surface area contributed by atoms with E-state index in [4.69, 9.17) is 23.2 Å². The number of hydrogen-bond donors (Lipinski definition) is 1. The first kappa shape index (κ1) is 12.3. The van der Waals surface area contributed by atoms with E-state index in [1.807, 2.05) is 31.5 Å². The van der Waals surface area contributed by atoms with E-state index in [9.17, 15) is 4.39 Å². The lowest BCUT2D eigenvalue weighted by Gasteiger charge is -2.19. The quantitative estimate of drug-likeness (QED) is 0.828. The van der Waals surface area contributed by atoms with Crippen LogP contribution in [0.15, 0.2) is 36.7 Å². The summed E-state index contributed by atoms with van der Waals surface area (Å²) in [6, 6.07) is 6.34. The van der Waals surface area contributed by atoms with Crippen LogP contribution in [-0.4, -0.2) is 4.68 Å². The van der Waals surface area contributed by atoms with E-state index in [0.29, 0.717) is 10.6 Å². The van der Waals surface area contributed by atoms with Gasteiger partial charge < -0.3 is 5.43 Å². The second kappa shape index (κ2) is 4.98. The van der Waals surface area contributed by atoms with Gasteiger partial charge in [-0.3, -0.25) is 4.68 Å². The molecule has 0 saturated heterocycles. The normalized spacial score (nSPS) is 12.5. The molecule has 90 valence electrons. The summed E-state index contributed by atoms with van der Waals surface area (Å²) in [7, 11) is 0. The first-order valence-electron chi connectivity index (χ1n) is 5.12. The van der Waals surface area contributed by atoms with E-state index < -0.39 is 5.82 Å². The largest absolute Gasteiger partial charge is 0.319 e. The fraction of sp³-hybridized carbons (Fsp3) is 0.167. The molecule has 0 radical (unpaired) electrons. The molecular weight excluding hydrogens is 262 g/mol. The van der Waals surface area contributed by atoms with Crippen molar-refractivity contribution in [2.45, 2.75) is 13.0 Å². The molecule has 0 fully saturated rings. The summed E-state index contributed by atoms with van der Waals surface area (Å²) < 4.78 is 15.1. The summed E-state index contributed by atoms with van der Waals surface area (Å²) >= 11 is 12.0. The zero-order valence-electron chi connectivity index (χ0n) is 9.12. The monoisotopic (exact) mass is 272 g/mol. The number of aromatic nitrogens is 1. The van der Waals surface area contributed by atoms with Crippen LogP contribution >= 0.6 is 23.2 Å². The van der Waals surface area contributed by atoms with Gasteiger partial charge in [0, 0.05) is 23.0 Å². The highest BCUT2D eigenvalue weighted by Gasteiger charge is 2.16. The lowest BCUT2D eigenvalue weighted by Crippen LogP contribution is -2.17. The van der Waals surface area contributed by atoms with Crippen molar-refractivity contribution in [2.24, 2.45) is 0 Å². The number of nitrogens with zero attached hydrogens (tertiary/aromatic N) is 1. The number of hydrogen-bond acceptors (Lipinski definition) is 1. The SMILES string of the molecule is CC(Nn1cccc1)c1c(Cl)ccc(F)c1Cl. The Bertz CT molecular complexity index is 511. The van der Waals surface area contributed by atoms with Gasteiger partial charge in [-0.2, -0.15) is 0 Å². The Kier molecular flexibility index (Phi) is 3.60. The third-order valence-corrected chi connectivity index (χ3v) is 3.17. The molecule has 0 aliphatic rings. The summed E-state index contributed by atoms with van der Waals surface area (Å²) in [6.45, 7) is 1.87. The van der Waals surface area contributed by atoms with Crippen LogP contribution in [-0.2, 0) is 0 Å². The summed E-state index contributed by atoms with van der Waals surface area (Å²) in [6.07, 6.45) is 3.69. The average Bonchev–Trinajstić information content (AvgIpc) is 2.77. The standard InChI is InChI=1S/C12H11Cl2FN2/c1-8(16-17-6-2-3-7-17)11-9(13)4-5-10(15)12(11)14/h2-8,16H,1H3. The van der Waals surface area contributed by atoms with Gasteiger partial charge in [-0.15, -0.1) is 0 Å². The maximum absolute atomic E-state index is 13.4. The zero-order chi connectivity index (χ0) is 12.4.